The van der Waals surface area contributed by atoms with Gasteiger partial charge < -0.3 is 19.8 Å². The highest BCUT2D eigenvalue weighted by Crippen LogP contribution is 2.36. The first-order valence-corrected chi connectivity index (χ1v) is 13.4. The van der Waals surface area contributed by atoms with E-state index in [-0.39, 0.29) is 30.6 Å². The number of carbonyl (C=O) groups is 1. The lowest BCUT2D eigenvalue weighted by molar-refractivity contribution is -0.122. The Hall–Kier alpha value is -2.88. The van der Waals surface area contributed by atoms with E-state index < -0.39 is 6.67 Å². The van der Waals surface area contributed by atoms with Crippen molar-refractivity contribution in [2.75, 3.05) is 26.3 Å². The second-order valence-electron chi connectivity index (χ2n) is 10.4. The van der Waals surface area contributed by atoms with Crippen LogP contribution in [0.25, 0.3) is 11.0 Å². The van der Waals surface area contributed by atoms with Gasteiger partial charge in [-0.3, -0.25) is 14.7 Å². The van der Waals surface area contributed by atoms with E-state index in [0.717, 1.165) is 63.9 Å². The van der Waals surface area contributed by atoms with Crippen LogP contribution in [0.15, 0.2) is 36.7 Å². The number of amides is 1. The Labute approximate surface area is 216 Å². The van der Waals surface area contributed by atoms with Gasteiger partial charge in [0.2, 0.25) is 5.91 Å². The van der Waals surface area contributed by atoms with Gasteiger partial charge in [0.1, 0.15) is 12.5 Å². The van der Waals surface area contributed by atoms with Crippen LogP contribution in [0.1, 0.15) is 54.3 Å². The second kappa shape index (κ2) is 10.8. The third-order valence-electron chi connectivity index (χ3n) is 8.00. The molecule has 4 heterocycles. The lowest BCUT2D eigenvalue weighted by atomic mass is 10.1. The maximum absolute atomic E-state index is 13.4. The molecule has 1 amide bonds. The quantitative estimate of drug-likeness (QED) is 0.509. The van der Waals surface area contributed by atoms with Crippen molar-refractivity contribution in [3.63, 3.8) is 0 Å². The summed E-state index contributed by atoms with van der Waals surface area (Å²) in [7, 11) is 0. The number of likely N-dealkylation sites (tertiary alicyclic amines) is 1. The number of imidazole rings is 1. The van der Waals surface area contributed by atoms with Crippen LogP contribution in [-0.2, 0) is 33.8 Å². The summed E-state index contributed by atoms with van der Waals surface area (Å²) in [6, 6.07) is 7.75. The zero-order valence-corrected chi connectivity index (χ0v) is 21.0. The van der Waals surface area contributed by atoms with Gasteiger partial charge in [-0.1, -0.05) is 12.1 Å². The largest absolute Gasteiger partial charge is 0.381 e. The van der Waals surface area contributed by atoms with Crippen LogP contribution in [0.2, 0.25) is 0 Å². The van der Waals surface area contributed by atoms with E-state index in [1.165, 1.54) is 11.1 Å². The van der Waals surface area contributed by atoms with Crippen molar-refractivity contribution in [2.45, 2.75) is 69.5 Å². The third kappa shape index (κ3) is 5.26. The first-order chi connectivity index (χ1) is 18.2. The van der Waals surface area contributed by atoms with Gasteiger partial charge in [-0.15, -0.1) is 0 Å². The molecule has 2 aromatic heterocycles. The number of hydrogen-bond donors (Lipinski definition) is 2. The second-order valence-corrected chi connectivity index (χ2v) is 10.4. The molecule has 8 nitrogen and oxygen atoms in total. The molecule has 0 saturated carbocycles. The summed E-state index contributed by atoms with van der Waals surface area (Å²) in [6.45, 7) is 2.54. The average molecular weight is 508 g/mol. The summed E-state index contributed by atoms with van der Waals surface area (Å²) in [5.74, 6) is 0.427. The number of carbonyl (C=O) groups excluding carboxylic acids is 1. The Bertz CT molecular complexity index is 1240. The summed E-state index contributed by atoms with van der Waals surface area (Å²) in [6.07, 6.45) is 8.83. The van der Waals surface area contributed by atoms with Crippen molar-refractivity contribution in [1.82, 2.24) is 25.2 Å². The number of aromatic nitrogens is 3. The molecule has 6 rings (SSSR count). The number of alkyl halides is 1. The number of nitrogens with zero attached hydrogens (tertiary/aromatic N) is 3. The molecule has 2 aliphatic heterocycles. The fraction of sp³-hybridized carbons (Fsp3) is 0.536. The summed E-state index contributed by atoms with van der Waals surface area (Å²) < 4.78 is 25.7. The van der Waals surface area contributed by atoms with Gasteiger partial charge in [0.05, 0.1) is 35.7 Å². The minimum absolute atomic E-state index is 0.0000126. The van der Waals surface area contributed by atoms with Crippen molar-refractivity contribution < 1.29 is 18.7 Å². The lowest BCUT2D eigenvalue weighted by Gasteiger charge is -2.26. The first kappa shape index (κ1) is 24.5. The van der Waals surface area contributed by atoms with Gasteiger partial charge in [-0.05, 0) is 49.8 Å². The predicted molar refractivity (Wildman–Crippen MR) is 137 cm³/mol. The minimum atomic E-state index is -0.587. The highest BCUT2D eigenvalue weighted by Gasteiger charge is 2.40. The molecule has 3 aliphatic rings. The highest BCUT2D eigenvalue weighted by atomic mass is 19.1. The SMILES string of the molecule is O=C(Cc1nc2c(CF)cccc2[nH]1)NC1CN(C2CCCOCC2)C[C@@H]1OC1CCc2ccncc21. The van der Waals surface area contributed by atoms with Gasteiger partial charge in [0.25, 0.3) is 0 Å². The monoisotopic (exact) mass is 507 g/mol. The van der Waals surface area contributed by atoms with E-state index in [9.17, 15) is 9.18 Å². The number of fused-ring (bicyclic) bond motifs is 2. The van der Waals surface area contributed by atoms with Crippen molar-refractivity contribution in [2.24, 2.45) is 0 Å². The zero-order chi connectivity index (χ0) is 25.2. The van der Waals surface area contributed by atoms with Crippen LogP contribution in [0.3, 0.4) is 0 Å². The summed E-state index contributed by atoms with van der Waals surface area (Å²) in [5, 5.41) is 3.25. The van der Waals surface area contributed by atoms with E-state index in [2.05, 4.69) is 31.2 Å². The molecule has 1 aliphatic carbocycles. The number of aryl methyl sites for hydroxylation is 1. The number of H-pyrrole nitrogens is 1. The molecule has 9 heteroatoms. The number of pyridine rings is 1. The van der Waals surface area contributed by atoms with E-state index in [4.69, 9.17) is 9.47 Å². The fourth-order valence-electron chi connectivity index (χ4n) is 6.12. The van der Waals surface area contributed by atoms with Crippen LogP contribution < -0.4 is 5.32 Å². The average Bonchev–Trinajstić information content (AvgIpc) is 3.55. The molecule has 2 fully saturated rings. The highest BCUT2D eigenvalue weighted by molar-refractivity contribution is 5.82. The number of benzene rings is 1. The Balaban J connectivity index is 1.17. The number of para-hydroxylation sites is 1. The predicted octanol–water partition coefficient (Wildman–Crippen LogP) is 3.41. The van der Waals surface area contributed by atoms with E-state index in [0.29, 0.717) is 22.9 Å². The topological polar surface area (TPSA) is 92.4 Å². The summed E-state index contributed by atoms with van der Waals surface area (Å²) in [4.78, 5) is 27.6. The van der Waals surface area contributed by atoms with Crippen molar-refractivity contribution in [3.8, 4) is 0 Å². The van der Waals surface area contributed by atoms with Crippen molar-refractivity contribution in [3.05, 3.63) is 59.2 Å². The van der Waals surface area contributed by atoms with Crippen LogP contribution in [0.4, 0.5) is 4.39 Å². The molecule has 196 valence electrons. The minimum Gasteiger partial charge on any atom is -0.381 e. The molecular weight excluding hydrogens is 473 g/mol. The van der Waals surface area contributed by atoms with Crippen LogP contribution in [-0.4, -0.2) is 70.2 Å². The molecule has 3 unspecified atom stereocenters. The molecule has 0 radical (unpaired) electrons. The summed E-state index contributed by atoms with van der Waals surface area (Å²) >= 11 is 0. The van der Waals surface area contributed by atoms with Gasteiger partial charge in [-0.25, -0.2) is 9.37 Å². The number of hydrogen-bond acceptors (Lipinski definition) is 6. The fourth-order valence-corrected chi connectivity index (χ4v) is 6.12. The molecule has 0 spiro atoms. The van der Waals surface area contributed by atoms with Gasteiger partial charge in [0, 0.05) is 55.9 Å². The summed E-state index contributed by atoms with van der Waals surface area (Å²) in [5.41, 5.74) is 4.33. The van der Waals surface area contributed by atoms with Gasteiger partial charge >= 0.3 is 0 Å². The molecule has 2 saturated heterocycles. The number of ether oxygens (including phenoxy) is 2. The molecule has 1 aromatic carbocycles. The standard InChI is InChI=1S/C28H34FN5O3/c29-14-19-3-1-5-22-28(19)33-26(31-22)13-27(35)32-23-16-34(20-4-2-11-36-12-9-20)17-25(23)37-24-7-6-18-8-10-30-15-21(18)24/h1,3,5,8,10,15,20,23-25H,2,4,6-7,9,11-14,16-17H2,(H,31,33)(H,32,35)/t20?,23?,24?,25-/m0/s1. The molecule has 37 heavy (non-hydrogen) atoms. The number of aromatic amines is 1. The van der Waals surface area contributed by atoms with Crippen LogP contribution >= 0.6 is 0 Å². The molecule has 4 atom stereocenters. The number of nitrogens with one attached hydrogen (secondary N) is 2. The van der Waals surface area contributed by atoms with Gasteiger partial charge in [-0.2, -0.15) is 0 Å². The van der Waals surface area contributed by atoms with Gasteiger partial charge in [0.15, 0.2) is 0 Å². The molecule has 0 bridgehead atoms. The first-order valence-electron chi connectivity index (χ1n) is 13.4. The Morgan fingerprint density at radius 1 is 1.22 bits per heavy atom. The maximum Gasteiger partial charge on any atom is 0.227 e. The molecule has 3 aromatic rings. The Morgan fingerprint density at radius 2 is 2.16 bits per heavy atom. The molecule has 2 N–H and O–H groups in total. The van der Waals surface area contributed by atoms with E-state index in [1.807, 2.05) is 18.5 Å². The smallest absolute Gasteiger partial charge is 0.227 e. The van der Waals surface area contributed by atoms with E-state index in [1.54, 1.807) is 12.1 Å². The zero-order valence-electron chi connectivity index (χ0n) is 21.0. The number of rotatable bonds is 7. The normalized spacial score (nSPS) is 26.3. The Morgan fingerprint density at radius 3 is 3.08 bits per heavy atom. The Kier molecular flexibility index (Phi) is 7.17. The number of halogens is 1. The lowest BCUT2D eigenvalue weighted by Crippen LogP contribution is -2.45. The third-order valence-corrected chi connectivity index (χ3v) is 8.00. The van der Waals surface area contributed by atoms with Crippen LogP contribution in [0, 0.1) is 0 Å². The van der Waals surface area contributed by atoms with Crippen LogP contribution in [0.5, 0.6) is 0 Å². The van der Waals surface area contributed by atoms with E-state index >= 15 is 0 Å². The van der Waals surface area contributed by atoms with Crippen molar-refractivity contribution in [1.29, 1.82) is 0 Å². The van der Waals surface area contributed by atoms with Crippen molar-refractivity contribution >= 4 is 16.9 Å². The maximum atomic E-state index is 13.4. The molecular formula is C28H34FN5O3.